The molecule has 1 fully saturated rings. The number of rotatable bonds is 5. The topological polar surface area (TPSA) is 59.0 Å². The highest BCUT2D eigenvalue weighted by molar-refractivity contribution is 5.77. The number of hydrogen-bond acceptors (Lipinski definition) is 3. The fourth-order valence-corrected chi connectivity index (χ4v) is 3.09. The first-order valence-corrected chi connectivity index (χ1v) is 7.50. The summed E-state index contributed by atoms with van der Waals surface area (Å²) in [5, 5.41) is 11.0. The third-order valence-electron chi connectivity index (χ3n) is 3.90. The molecule has 0 unspecified atom stereocenters. The standard InChI is InChI=1S/C15H26N4O/c1-10(2)9-11(3)17-12-5-6-14(20)18-15(12)13-7-8-16-19(13)4/h7-8,10-12,15,17H,5-6,9H2,1-4H3,(H,18,20)/t11-,12-,15-/m1/s1. The van der Waals surface area contributed by atoms with Crippen LogP contribution in [0.4, 0.5) is 0 Å². The molecule has 1 aliphatic rings. The van der Waals surface area contributed by atoms with Gasteiger partial charge >= 0.3 is 0 Å². The van der Waals surface area contributed by atoms with Gasteiger partial charge in [0.05, 0.1) is 11.7 Å². The van der Waals surface area contributed by atoms with E-state index in [0.29, 0.717) is 18.4 Å². The van der Waals surface area contributed by atoms with Crippen molar-refractivity contribution in [1.82, 2.24) is 20.4 Å². The first kappa shape index (κ1) is 15.0. The fraction of sp³-hybridized carbons (Fsp3) is 0.733. The molecule has 2 N–H and O–H groups in total. The summed E-state index contributed by atoms with van der Waals surface area (Å²) in [4.78, 5) is 11.7. The van der Waals surface area contributed by atoms with Gasteiger partial charge in [0.15, 0.2) is 0 Å². The van der Waals surface area contributed by atoms with Crippen LogP contribution in [0, 0.1) is 5.92 Å². The zero-order valence-corrected chi connectivity index (χ0v) is 12.9. The van der Waals surface area contributed by atoms with Crippen LogP contribution in [0.1, 0.15) is 51.8 Å². The maximum Gasteiger partial charge on any atom is 0.220 e. The Bertz CT molecular complexity index is 454. The molecule has 0 radical (unpaired) electrons. The molecular weight excluding hydrogens is 252 g/mol. The molecule has 1 aromatic rings. The molecule has 1 saturated heterocycles. The predicted octanol–water partition coefficient (Wildman–Crippen LogP) is 1.76. The van der Waals surface area contributed by atoms with E-state index in [1.165, 1.54) is 0 Å². The van der Waals surface area contributed by atoms with Gasteiger partial charge < -0.3 is 10.6 Å². The van der Waals surface area contributed by atoms with Crippen molar-refractivity contribution >= 4 is 5.91 Å². The van der Waals surface area contributed by atoms with E-state index in [-0.39, 0.29) is 18.0 Å². The van der Waals surface area contributed by atoms with Crippen LogP contribution in [0.3, 0.4) is 0 Å². The van der Waals surface area contributed by atoms with Crippen LogP contribution < -0.4 is 10.6 Å². The van der Waals surface area contributed by atoms with Crippen LogP contribution >= 0.6 is 0 Å². The van der Waals surface area contributed by atoms with Gasteiger partial charge in [0.25, 0.3) is 0 Å². The van der Waals surface area contributed by atoms with Crippen LogP contribution in [-0.4, -0.2) is 27.8 Å². The van der Waals surface area contributed by atoms with Crippen LogP contribution in [-0.2, 0) is 11.8 Å². The lowest BCUT2D eigenvalue weighted by atomic mass is 9.93. The van der Waals surface area contributed by atoms with Gasteiger partial charge in [0.2, 0.25) is 5.91 Å². The van der Waals surface area contributed by atoms with Crippen molar-refractivity contribution in [2.75, 3.05) is 0 Å². The first-order valence-electron chi connectivity index (χ1n) is 7.50. The molecule has 20 heavy (non-hydrogen) atoms. The maximum atomic E-state index is 11.7. The van der Waals surface area contributed by atoms with Gasteiger partial charge in [-0.05, 0) is 31.7 Å². The number of aromatic nitrogens is 2. The molecule has 0 spiro atoms. The molecule has 2 heterocycles. The summed E-state index contributed by atoms with van der Waals surface area (Å²) in [6.07, 6.45) is 4.40. The third kappa shape index (κ3) is 3.60. The largest absolute Gasteiger partial charge is 0.346 e. The van der Waals surface area contributed by atoms with E-state index in [1.807, 2.05) is 17.8 Å². The van der Waals surface area contributed by atoms with E-state index < -0.39 is 0 Å². The average molecular weight is 278 g/mol. The van der Waals surface area contributed by atoms with Crippen molar-refractivity contribution < 1.29 is 4.79 Å². The molecule has 5 nitrogen and oxygen atoms in total. The zero-order chi connectivity index (χ0) is 14.7. The lowest BCUT2D eigenvalue weighted by Gasteiger charge is -2.35. The first-order chi connectivity index (χ1) is 9.47. The Hall–Kier alpha value is -1.36. The Kier molecular flexibility index (Phi) is 4.81. The number of nitrogens with one attached hydrogen (secondary N) is 2. The number of aryl methyl sites for hydroxylation is 1. The minimum Gasteiger partial charge on any atom is -0.346 e. The average Bonchev–Trinajstić information content (AvgIpc) is 2.76. The number of hydrogen-bond donors (Lipinski definition) is 2. The lowest BCUT2D eigenvalue weighted by Crippen LogP contribution is -2.51. The predicted molar refractivity (Wildman–Crippen MR) is 79.2 cm³/mol. The Balaban J connectivity index is 2.09. The maximum absolute atomic E-state index is 11.7. The Morgan fingerprint density at radius 1 is 1.50 bits per heavy atom. The van der Waals surface area contributed by atoms with E-state index in [2.05, 4.69) is 36.5 Å². The number of carbonyl (C=O) groups is 1. The van der Waals surface area contributed by atoms with Gasteiger partial charge in [-0.2, -0.15) is 5.10 Å². The van der Waals surface area contributed by atoms with Crippen molar-refractivity contribution in [3.63, 3.8) is 0 Å². The summed E-state index contributed by atoms with van der Waals surface area (Å²) in [5.74, 6) is 0.802. The van der Waals surface area contributed by atoms with Crippen LogP contribution in [0.2, 0.25) is 0 Å². The summed E-state index contributed by atoms with van der Waals surface area (Å²) in [7, 11) is 1.92. The van der Waals surface area contributed by atoms with E-state index in [4.69, 9.17) is 0 Å². The molecule has 0 aliphatic carbocycles. The molecular formula is C15H26N4O. The van der Waals surface area contributed by atoms with Gasteiger partial charge in [0.1, 0.15) is 0 Å². The normalized spacial score (nSPS) is 24.8. The van der Waals surface area contributed by atoms with Crippen molar-refractivity contribution in [3.05, 3.63) is 18.0 Å². The number of nitrogens with zero attached hydrogens (tertiary/aromatic N) is 2. The number of piperidine rings is 1. The van der Waals surface area contributed by atoms with Gasteiger partial charge in [0, 0.05) is 31.7 Å². The lowest BCUT2D eigenvalue weighted by molar-refractivity contribution is -0.124. The molecule has 1 aromatic heterocycles. The minimum absolute atomic E-state index is 0.0124. The van der Waals surface area contributed by atoms with E-state index >= 15 is 0 Å². The molecule has 0 saturated carbocycles. The Labute approximate surface area is 121 Å². The Morgan fingerprint density at radius 2 is 2.25 bits per heavy atom. The number of amides is 1. The minimum atomic E-state index is 0.0124. The smallest absolute Gasteiger partial charge is 0.220 e. The summed E-state index contributed by atoms with van der Waals surface area (Å²) in [6.45, 7) is 6.69. The van der Waals surface area contributed by atoms with Crippen molar-refractivity contribution in [2.24, 2.45) is 13.0 Å². The second-order valence-corrected chi connectivity index (χ2v) is 6.27. The highest BCUT2D eigenvalue weighted by Gasteiger charge is 2.32. The molecule has 112 valence electrons. The van der Waals surface area contributed by atoms with E-state index in [9.17, 15) is 4.79 Å². The number of carbonyl (C=O) groups excluding carboxylic acids is 1. The summed E-state index contributed by atoms with van der Waals surface area (Å²) >= 11 is 0. The SMILES string of the molecule is CC(C)C[C@@H](C)N[C@@H]1CCC(=O)N[C@H]1c1ccnn1C. The van der Waals surface area contributed by atoms with Gasteiger partial charge in [-0.15, -0.1) is 0 Å². The van der Waals surface area contributed by atoms with Crippen molar-refractivity contribution in [3.8, 4) is 0 Å². The van der Waals surface area contributed by atoms with Gasteiger partial charge in [-0.25, -0.2) is 0 Å². The highest BCUT2D eigenvalue weighted by atomic mass is 16.1. The molecule has 0 aromatic carbocycles. The van der Waals surface area contributed by atoms with E-state index in [1.54, 1.807) is 6.20 Å². The van der Waals surface area contributed by atoms with Crippen LogP contribution in [0.25, 0.3) is 0 Å². The fourth-order valence-electron chi connectivity index (χ4n) is 3.09. The third-order valence-corrected chi connectivity index (χ3v) is 3.90. The second-order valence-electron chi connectivity index (χ2n) is 6.27. The molecule has 1 amide bonds. The summed E-state index contributed by atoms with van der Waals surface area (Å²) in [5.41, 5.74) is 1.06. The monoisotopic (exact) mass is 278 g/mol. The van der Waals surface area contributed by atoms with Crippen molar-refractivity contribution in [2.45, 2.75) is 58.2 Å². The summed E-state index contributed by atoms with van der Waals surface area (Å²) in [6, 6.07) is 2.72. The van der Waals surface area contributed by atoms with Crippen LogP contribution in [0.5, 0.6) is 0 Å². The molecule has 5 heteroatoms. The highest BCUT2D eigenvalue weighted by Crippen LogP contribution is 2.24. The van der Waals surface area contributed by atoms with Gasteiger partial charge in [-0.1, -0.05) is 13.8 Å². The molecule has 2 rings (SSSR count). The molecule has 1 aliphatic heterocycles. The van der Waals surface area contributed by atoms with Gasteiger partial charge in [-0.3, -0.25) is 9.48 Å². The van der Waals surface area contributed by atoms with E-state index in [0.717, 1.165) is 18.5 Å². The Morgan fingerprint density at radius 3 is 2.85 bits per heavy atom. The van der Waals surface area contributed by atoms with Crippen molar-refractivity contribution in [1.29, 1.82) is 0 Å². The molecule has 0 bridgehead atoms. The summed E-state index contributed by atoms with van der Waals surface area (Å²) < 4.78 is 1.85. The second kappa shape index (κ2) is 6.39. The quantitative estimate of drug-likeness (QED) is 0.863. The zero-order valence-electron chi connectivity index (χ0n) is 12.9. The van der Waals surface area contributed by atoms with Crippen LogP contribution in [0.15, 0.2) is 12.3 Å². The molecule has 3 atom stereocenters.